The van der Waals surface area contributed by atoms with E-state index in [1.54, 1.807) is 0 Å². The van der Waals surface area contributed by atoms with Gasteiger partial charge in [-0.3, -0.25) is 0 Å². The van der Waals surface area contributed by atoms with Crippen molar-refractivity contribution in [2.24, 2.45) is 0 Å². The smallest absolute Gasteiger partial charge is 0.161 e. The van der Waals surface area contributed by atoms with Crippen LogP contribution in [0, 0.1) is 0 Å². The molecule has 1 unspecified atom stereocenters. The van der Waals surface area contributed by atoms with Crippen molar-refractivity contribution in [2.45, 2.75) is 32.4 Å². The van der Waals surface area contributed by atoms with Crippen LogP contribution in [0.5, 0.6) is 0 Å². The van der Waals surface area contributed by atoms with Crippen molar-refractivity contribution in [2.75, 3.05) is 0 Å². The van der Waals surface area contributed by atoms with E-state index in [1.165, 1.54) is 24.1 Å². The number of hydrogen-bond acceptors (Lipinski definition) is 0. The quantitative estimate of drug-likeness (QED) is 0.530. The molecule has 0 aliphatic heterocycles. The average Bonchev–Trinajstić information content (AvgIpc) is 2.16. The van der Waals surface area contributed by atoms with Crippen molar-refractivity contribution in [1.29, 1.82) is 0 Å². The molecule has 0 aliphatic carbocycles. The first-order chi connectivity index (χ1) is 6.17. The van der Waals surface area contributed by atoms with Gasteiger partial charge in [-0.15, -0.1) is 0 Å². The molecule has 0 radical (unpaired) electrons. The summed E-state index contributed by atoms with van der Waals surface area (Å²) in [7, 11) is -1.63. The SMILES string of the molecule is CCCC[Si](C)(Cl)c1ccccc1. The molecular formula is C11H17ClSi. The van der Waals surface area contributed by atoms with Gasteiger partial charge >= 0.3 is 0 Å². The molecule has 0 heterocycles. The highest BCUT2D eigenvalue weighted by Crippen LogP contribution is 2.18. The van der Waals surface area contributed by atoms with E-state index in [0.717, 1.165) is 0 Å². The monoisotopic (exact) mass is 212 g/mol. The van der Waals surface area contributed by atoms with E-state index >= 15 is 0 Å². The third-order valence-corrected chi connectivity index (χ3v) is 6.43. The molecule has 0 spiro atoms. The molecule has 0 aromatic heterocycles. The van der Waals surface area contributed by atoms with Crippen LogP contribution in [0.3, 0.4) is 0 Å². The Labute approximate surface area is 86.6 Å². The Bertz CT molecular complexity index is 244. The maximum absolute atomic E-state index is 6.58. The molecule has 2 heteroatoms. The molecule has 0 N–H and O–H groups in total. The normalized spacial score (nSPS) is 15.3. The molecule has 0 amide bonds. The summed E-state index contributed by atoms with van der Waals surface area (Å²) in [4.78, 5) is 0. The van der Waals surface area contributed by atoms with Crippen molar-refractivity contribution in [1.82, 2.24) is 0 Å². The zero-order valence-electron chi connectivity index (χ0n) is 8.39. The van der Waals surface area contributed by atoms with E-state index in [-0.39, 0.29) is 0 Å². The molecule has 0 fully saturated rings. The maximum atomic E-state index is 6.58. The largest absolute Gasteiger partial charge is 0.183 e. The minimum atomic E-state index is -1.63. The molecule has 0 bridgehead atoms. The number of rotatable bonds is 4. The molecule has 72 valence electrons. The lowest BCUT2D eigenvalue weighted by Crippen LogP contribution is -2.38. The third-order valence-electron chi connectivity index (χ3n) is 2.38. The summed E-state index contributed by atoms with van der Waals surface area (Å²) in [6.07, 6.45) is 2.49. The Kier molecular flexibility index (Phi) is 4.01. The fourth-order valence-corrected chi connectivity index (χ4v) is 4.41. The van der Waals surface area contributed by atoms with Crippen LogP contribution in [-0.2, 0) is 0 Å². The molecule has 13 heavy (non-hydrogen) atoms. The Balaban J connectivity index is 2.69. The van der Waals surface area contributed by atoms with Crippen LogP contribution in [-0.4, -0.2) is 7.38 Å². The van der Waals surface area contributed by atoms with Crippen LogP contribution < -0.4 is 5.19 Å². The van der Waals surface area contributed by atoms with Crippen LogP contribution in [0.25, 0.3) is 0 Å². The zero-order valence-corrected chi connectivity index (χ0v) is 10.1. The van der Waals surface area contributed by atoms with E-state index in [4.69, 9.17) is 11.1 Å². The van der Waals surface area contributed by atoms with Gasteiger partial charge in [-0.25, -0.2) is 0 Å². The second-order valence-electron chi connectivity index (χ2n) is 3.67. The average molecular weight is 213 g/mol. The second-order valence-corrected chi connectivity index (χ2v) is 9.64. The molecule has 1 aromatic rings. The molecule has 0 saturated heterocycles. The summed E-state index contributed by atoms with van der Waals surface area (Å²) in [6, 6.07) is 11.7. The summed E-state index contributed by atoms with van der Waals surface area (Å²) < 4.78 is 0. The molecule has 1 atom stereocenters. The zero-order chi connectivity index (χ0) is 9.73. The van der Waals surface area contributed by atoms with Gasteiger partial charge in [0.1, 0.15) is 0 Å². The van der Waals surface area contributed by atoms with Crippen LogP contribution in [0.2, 0.25) is 12.6 Å². The number of hydrogen-bond donors (Lipinski definition) is 0. The lowest BCUT2D eigenvalue weighted by Gasteiger charge is -2.19. The van der Waals surface area contributed by atoms with E-state index in [2.05, 4.69) is 37.7 Å². The third kappa shape index (κ3) is 3.16. The predicted molar refractivity (Wildman–Crippen MR) is 63.3 cm³/mol. The van der Waals surface area contributed by atoms with Gasteiger partial charge in [-0.2, -0.15) is 11.1 Å². The molecule has 1 aromatic carbocycles. The summed E-state index contributed by atoms with van der Waals surface area (Å²) in [5.74, 6) is 0. The first-order valence-corrected chi connectivity index (χ1v) is 8.63. The Morgan fingerprint density at radius 2 is 1.85 bits per heavy atom. The Hall–Kier alpha value is -0.273. The number of benzene rings is 1. The molecule has 0 saturated carbocycles. The van der Waals surface area contributed by atoms with Crippen molar-refractivity contribution in [3.8, 4) is 0 Å². The first kappa shape index (κ1) is 10.8. The Morgan fingerprint density at radius 3 is 2.38 bits per heavy atom. The Morgan fingerprint density at radius 1 is 1.23 bits per heavy atom. The van der Waals surface area contributed by atoms with Gasteiger partial charge in [0, 0.05) is 0 Å². The summed E-state index contributed by atoms with van der Waals surface area (Å²) in [6.45, 7) is 4.45. The van der Waals surface area contributed by atoms with Gasteiger partial charge < -0.3 is 0 Å². The van der Waals surface area contributed by atoms with Crippen LogP contribution in [0.4, 0.5) is 0 Å². The standard InChI is InChI=1S/C11H17ClSi/c1-3-4-10-13(2,12)11-8-6-5-7-9-11/h5-9H,3-4,10H2,1-2H3. The van der Waals surface area contributed by atoms with Crippen LogP contribution in [0.15, 0.2) is 30.3 Å². The summed E-state index contributed by atoms with van der Waals surface area (Å²) in [5, 5.41) is 1.37. The van der Waals surface area contributed by atoms with Gasteiger partial charge in [0.25, 0.3) is 0 Å². The number of halogens is 1. The fourth-order valence-electron chi connectivity index (χ4n) is 1.44. The highest BCUT2D eigenvalue weighted by atomic mass is 35.6. The lowest BCUT2D eigenvalue weighted by atomic mass is 10.4. The van der Waals surface area contributed by atoms with Crippen molar-refractivity contribution in [3.63, 3.8) is 0 Å². The van der Waals surface area contributed by atoms with Gasteiger partial charge in [-0.05, 0) is 11.2 Å². The van der Waals surface area contributed by atoms with E-state index in [9.17, 15) is 0 Å². The minimum absolute atomic E-state index is 1.19. The molecule has 0 aliphatic rings. The molecule has 0 nitrogen and oxygen atoms in total. The molecular weight excluding hydrogens is 196 g/mol. The van der Waals surface area contributed by atoms with Crippen molar-refractivity contribution in [3.05, 3.63) is 30.3 Å². The van der Waals surface area contributed by atoms with E-state index in [1.807, 2.05) is 6.07 Å². The highest BCUT2D eigenvalue weighted by molar-refractivity contribution is 7.26. The fraction of sp³-hybridized carbons (Fsp3) is 0.455. The van der Waals surface area contributed by atoms with Crippen LogP contribution in [0.1, 0.15) is 19.8 Å². The second kappa shape index (κ2) is 4.82. The summed E-state index contributed by atoms with van der Waals surface area (Å²) >= 11 is 6.58. The van der Waals surface area contributed by atoms with E-state index < -0.39 is 7.38 Å². The van der Waals surface area contributed by atoms with Gasteiger partial charge in [-0.1, -0.05) is 56.6 Å². The molecule has 1 rings (SSSR count). The predicted octanol–water partition coefficient (Wildman–Crippen LogP) is 3.51. The summed E-state index contributed by atoms with van der Waals surface area (Å²) in [5.41, 5.74) is 0. The minimum Gasteiger partial charge on any atom is -0.161 e. The van der Waals surface area contributed by atoms with Crippen LogP contribution >= 0.6 is 11.1 Å². The van der Waals surface area contributed by atoms with Crippen molar-refractivity contribution < 1.29 is 0 Å². The van der Waals surface area contributed by atoms with Gasteiger partial charge in [0.05, 0.1) is 0 Å². The highest BCUT2D eigenvalue weighted by Gasteiger charge is 2.25. The first-order valence-electron chi connectivity index (χ1n) is 4.91. The number of unbranched alkanes of at least 4 members (excludes halogenated alkanes) is 1. The van der Waals surface area contributed by atoms with Gasteiger partial charge in [0.2, 0.25) is 0 Å². The maximum Gasteiger partial charge on any atom is 0.183 e. The topological polar surface area (TPSA) is 0 Å². The van der Waals surface area contributed by atoms with Gasteiger partial charge in [0.15, 0.2) is 7.38 Å². The van der Waals surface area contributed by atoms with E-state index in [0.29, 0.717) is 0 Å². The van der Waals surface area contributed by atoms with Crippen molar-refractivity contribution >= 4 is 23.6 Å². The lowest BCUT2D eigenvalue weighted by molar-refractivity contribution is 0.874.